The van der Waals surface area contributed by atoms with Crippen molar-refractivity contribution >= 4 is 17.5 Å². The molecule has 0 aliphatic heterocycles. The third-order valence-electron chi connectivity index (χ3n) is 3.88. The van der Waals surface area contributed by atoms with Crippen molar-refractivity contribution in [3.63, 3.8) is 0 Å². The highest BCUT2D eigenvalue weighted by atomic mass is 19.1. The molecule has 6 heteroatoms. The Bertz CT molecular complexity index is 718. The quantitative estimate of drug-likeness (QED) is 0.680. The van der Waals surface area contributed by atoms with Crippen LogP contribution in [-0.4, -0.2) is 24.9 Å². The summed E-state index contributed by atoms with van der Waals surface area (Å²) in [6.07, 6.45) is 0. The second-order valence-electron chi connectivity index (χ2n) is 6.35. The zero-order valence-corrected chi connectivity index (χ0v) is 15.0. The number of hydrogen-bond donors (Lipinski definition) is 3. The van der Waals surface area contributed by atoms with Crippen LogP contribution < -0.4 is 16.0 Å². The normalized spacial score (nSPS) is 11.8. The summed E-state index contributed by atoms with van der Waals surface area (Å²) in [6, 6.07) is 15.4. The van der Waals surface area contributed by atoms with E-state index in [1.165, 1.54) is 24.3 Å². The number of carbonyl (C=O) groups is 2. The Balaban J connectivity index is 1.77. The molecule has 0 aromatic heterocycles. The Kier molecular flexibility index (Phi) is 7.29. The number of rotatable bonds is 8. The number of halogens is 1. The first-order valence-corrected chi connectivity index (χ1v) is 8.56. The minimum absolute atomic E-state index is 0.0509. The smallest absolute Gasteiger partial charge is 0.243 e. The zero-order valence-electron chi connectivity index (χ0n) is 15.0. The van der Waals surface area contributed by atoms with Gasteiger partial charge in [0.25, 0.3) is 0 Å². The molecule has 0 bridgehead atoms. The van der Waals surface area contributed by atoms with Crippen molar-refractivity contribution in [2.45, 2.75) is 19.9 Å². The molecule has 0 saturated heterocycles. The van der Waals surface area contributed by atoms with Crippen LogP contribution in [-0.2, 0) is 9.59 Å². The van der Waals surface area contributed by atoms with Crippen LogP contribution in [0.1, 0.15) is 25.5 Å². The van der Waals surface area contributed by atoms with Crippen LogP contribution in [0.25, 0.3) is 0 Å². The van der Waals surface area contributed by atoms with E-state index in [-0.39, 0.29) is 36.8 Å². The Morgan fingerprint density at radius 2 is 1.58 bits per heavy atom. The van der Waals surface area contributed by atoms with Gasteiger partial charge in [0.15, 0.2) is 0 Å². The molecular formula is C20H24FN3O2. The fraction of sp³-hybridized carbons (Fsp3) is 0.300. The molecule has 138 valence electrons. The van der Waals surface area contributed by atoms with E-state index in [4.69, 9.17) is 0 Å². The van der Waals surface area contributed by atoms with Gasteiger partial charge >= 0.3 is 0 Å². The third kappa shape index (κ3) is 6.29. The molecule has 2 rings (SSSR count). The maximum absolute atomic E-state index is 12.8. The predicted octanol–water partition coefficient (Wildman–Crippen LogP) is 2.87. The highest BCUT2D eigenvalue weighted by Gasteiger charge is 2.16. The van der Waals surface area contributed by atoms with E-state index in [2.05, 4.69) is 29.8 Å². The third-order valence-corrected chi connectivity index (χ3v) is 3.88. The largest absolute Gasteiger partial charge is 0.346 e. The maximum Gasteiger partial charge on any atom is 0.243 e. The van der Waals surface area contributed by atoms with Crippen LogP contribution in [0.2, 0.25) is 0 Å². The molecule has 1 atom stereocenters. The van der Waals surface area contributed by atoms with Gasteiger partial charge < -0.3 is 16.0 Å². The summed E-state index contributed by atoms with van der Waals surface area (Å²) >= 11 is 0. The number of amides is 2. The lowest BCUT2D eigenvalue weighted by Gasteiger charge is -2.22. The molecule has 0 aliphatic rings. The number of anilines is 1. The zero-order chi connectivity index (χ0) is 18.9. The molecule has 2 amide bonds. The summed E-state index contributed by atoms with van der Waals surface area (Å²) in [5.74, 6) is -0.693. The molecule has 5 nitrogen and oxygen atoms in total. The number of hydrogen-bond acceptors (Lipinski definition) is 3. The van der Waals surface area contributed by atoms with Crippen LogP contribution >= 0.6 is 0 Å². The first kappa shape index (κ1) is 19.6. The van der Waals surface area contributed by atoms with Gasteiger partial charge in [-0.1, -0.05) is 44.2 Å². The minimum Gasteiger partial charge on any atom is -0.346 e. The van der Waals surface area contributed by atoms with E-state index in [0.717, 1.165) is 5.56 Å². The predicted molar refractivity (Wildman–Crippen MR) is 100 cm³/mol. The van der Waals surface area contributed by atoms with Gasteiger partial charge in [0, 0.05) is 11.7 Å². The Hall–Kier alpha value is -2.73. The fourth-order valence-corrected chi connectivity index (χ4v) is 2.58. The van der Waals surface area contributed by atoms with Gasteiger partial charge in [-0.15, -0.1) is 0 Å². The average molecular weight is 357 g/mol. The Morgan fingerprint density at radius 3 is 2.19 bits per heavy atom. The Morgan fingerprint density at radius 1 is 0.923 bits per heavy atom. The van der Waals surface area contributed by atoms with Crippen molar-refractivity contribution < 1.29 is 14.0 Å². The van der Waals surface area contributed by atoms with E-state index >= 15 is 0 Å². The number of carbonyl (C=O) groups excluding carboxylic acids is 2. The van der Waals surface area contributed by atoms with Gasteiger partial charge in [0.2, 0.25) is 11.8 Å². The summed E-state index contributed by atoms with van der Waals surface area (Å²) < 4.78 is 12.8. The highest BCUT2D eigenvalue weighted by molar-refractivity contribution is 5.94. The highest BCUT2D eigenvalue weighted by Crippen LogP contribution is 2.20. The Labute approximate surface area is 153 Å². The lowest BCUT2D eigenvalue weighted by atomic mass is 9.96. The van der Waals surface area contributed by atoms with Gasteiger partial charge in [-0.3, -0.25) is 9.59 Å². The van der Waals surface area contributed by atoms with Crippen molar-refractivity contribution in [3.05, 3.63) is 66.0 Å². The summed E-state index contributed by atoms with van der Waals surface area (Å²) in [5, 5.41) is 8.39. The summed E-state index contributed by atoms with van der Waals surface area (Å²) in [5.41, 5.74) is 1.59. The van der Waals surface area contributed by atoms with Crippen LogP contribution in [0.5, 0.6) is 0 Å². The van der Waals surface area contributed by atoms with E-state index in [9.17, 15) is 14.0 Å². The molecule has 0 spiro atoms. The second-order valence-corrected chi connectivity index (χ2v) is 6.35. The molecule has 0 heterocycles. The maximum atomic E-state index is 12.8. The average Bonchev–Trinajstić information content (AvgIpc) is 2.63. The summed E-state index contributed by atoms with van der Waals surface area (Å²) in [6.45, 7) is 4.13. The molecular weight excluding hydrogens is 333 g/mol. The lowest BCUT2D eigenvalue weighted by molar-refractivity contribution is -0.123. The van der Waals surface area contributed by atoms with Crippen molar-refractivity contribution in [2.75, 3.05) is 18.4 Å². The molecule has 0 saturated carbocycles. The molecule has 0 radical (unpaired) electrons. The van der Waals surface area contributed by atoms with E-state index < -0.39 is 0 Å². The van der Waals surface area contributed by atoms with Gasteiger partial charge in [-0.2, -0.15) is 0 Å². The monoisotopic (exact) mass is 357 g/mol. The fourth-order valence-electron chi connectivity index (χ4n) is 2.58. The first-order chi connectivity index (χ1) is 12.5. The molecule has 26 heavy (non-hydrogen) atoms. The van der Waals surface area contributed by atoms with Crippen LogP contribution in [0.4, 0.5) is 10.1 Å². The van der Waals surface area contributed by atoms with Crippen LogP contribution in [0.3, 0.4) is 0 Å². The molecule has 0 fully saturated rings. The van der Waals surface area contributed by atoms with Crippen LogP contribution in [0.15, 0.2) is 54.6 Å². The molecule has 0 unspecified atom stereocenters. The molecule has 0 aliphatic carbocycles. The summed E-state index contributed by atoms with van der Waals surface area (Å²) in [4.78, 5) is 23.8. The van der Waals surface area contributed by atoms with Gasteiger partial charge in [-0.25, -0.2) is 4.39 Å². The summed E-state index contributed by atoms with van der Waals surface area (Å²) in [7, 11) is 0. The van der Waals surface area contributed by atoms with Crippen molar-refractivity contribution in [1.29, 1.82) is 0 Å². The lowest BCUT2D eigenvalue weighted by Crippen LogP contribution is -2.40. The van der Waals surface area contributed by atoms with Gasteiger partial charge in [0.1, 0.15) is 5.82 Å². The topological polar surface area (TPSA) is 70.2 Å². The van der Waals surface area contributed by atoms with E-state index in [0.29, 0.717) is 11.6 Å². The van der Waals surface area contributed by atoms with Crippen molar-refractivity contribution in [1.82, 2.24) is 10.6 Å². The molecule has 2 aromatic carbocycles. The molecule has 2 aromatic rings. The van der Waals surface area contributed by atoms with Gasteiger partial charge in [0.05, 0.1) is 13.1 Å². The minimum atomic E-state index is -0.375. The van der Waals surface area contributed by atoms with E-state index in [1.54, 1.807) is 0 Å². The van der Waals surface area contributed by atoms with E-state index in [1.807, 2.05) is 30.3 Å². The second kappa shape index (κ2) is 9.68. The molecule has 3 N–H and O–H groups in total. The van der Waals surface area contributed by atoms with Crippen LogP contribution in [0, 0.1) is 11.7 Å². The standard InChI is InChI=1S/C20H24FN3O2/c1-14(2)20(15-6-4-3-5-7-15)23-12-18(25)22-13-19(26)24-17-10-8-16(21)9-11-17/h3-11,14,20,23H,12-13H2,1-2H3,(H,22,25)(H,24,26)/t20-/m1/s1. The van der Waals surface area contributed by atoms with Crippen molar-refractivity contribution in [2.24, 2.45) is 5.92 Å². The van der Waals surface area contributed by atoms with Crippen molar-refractivity contribution in [3.8, 4) is 0 Å². The van der Waals surface area contributed by atoms with Gasteiger partial charge in [-0.05, 0) is 35.7 Å². The number of benzene rings is 2. The SMILES string of the molecule is CC(C)[C@@H](NCC(=O)NCC(=O)Nc1ccc(F)cc1)c1ccccc1. The first-order valence-electron chi connectivity index (χ1n) is 8.56. The number of nitrogens with one attached hydrogen (secondary N) is 3.